The zero-order valence-electron chi connectivity index (χ0n) is 10.8. The Balaban J connectivity index is 2.88. The summed E-state index contributed by atoms with van der Waals surface area (Å²) in [4.78, 5) is 22.8. The second-order valence-corrected chi connectivity index (χ2v) is 5.35. The Morgan fingerprint density at radius 3 is 2.58 bits per heavy atom. The van der Waals surface area contributed by atoms with Crippen LogP contribution < -0.4 is 11.1 Å². The molecule has 0 saturated carbocycles. The lowest BCUT2D eigenvalue weighted by Crippen LogP contribution is -2.40. The minimum Gasteiger partial charge on any atom is -0.478 e. The smallest absolute Gasteiger partial charge is 0.335 e. The SMILES string of the molecule is CC[C@H](C)[C@H](N)C(=O)Nc1cc(Br)cc(C(=O)O)c1. The highest BCUT2D eigenvalue weighted by Crippen LogP contribution is 2.20. The van der Waals surface area contributed by atoms with Gasteiger partial charge < -0.3 is 16.2 Å². The molecule has 0 saturated heterocycles. The number of nitrogens with two attached hydrogens (primary N) is 1. The Labute approximate surface area is 120 Å². The number of carbonyl (C=O) groups is 2. The third-order valence-corrected chi connectivity index (χ3v) is 3.43. The van der Waals surface area contributed by atoms with Crippen LogP contribution >= 0.6 is 15.9 Å². The molecule has 0 aliphatic heterocycles. The van der Waals surface area contributed by atoms with Crippen LogP contribution in [0.3, 0.4) is 0 Å². The predicted octanol–water partition coefficient (Wildman–Crippen LogP) is 2.46. The molecular weight excluding hydrogens is 312 g/mol. The molecule has 0 fully saturated rings. The molecule has 1 amide bonds. The summed E-state index contributed by atoms with van der Waals surface area (Å²) in [6, 6.07) is 3.88. The number of amides is 1. The van der Waals surface area contributed by atoms with Crippen LogP contribution in [0.25, 0.3) is 0 Å². The molecule has 0 radical (unpaired) electrons. The van der Waals surface area contributed by atoms with Crippen LogP contribution in [0, 0.1) is 5.92 Å². The monoisotopic (exact) mass is 328 g/mol. The van der Waals surface area contributed by atoms with Crippen LogP contribution in [0.2, 0.25) is 0 Å². The van der Waals surface area contributed by atoms with Crippen molar-refractivity contribution in [2.24, 2.45) is 11.7 Å². The summed E-state index contributed by atoms with van der Waals surface area (Å²) >= 11 is 3.20. The van der Waals surface area contributed by atoms with Gasteiger partial charge in [0.15, 0.2) is 0 Å². The van der Waals surface area contributed by atoms with Gasteiger partial charge in [0.25, 0.3) is 0 Å². The van der Waals surface area contributed by atoms with Crippen LogP contribution in [-0.2, 0) is 4.79 Å². The van der Waals surface area contributed by atoms with Gasteiger partial charge in [0.1, 0.15) is 0 Å². The second-order valence-electron chi connectivity index (χ2n) is 4.43. The van der Waals surface area contributed by atoms with E-state index in [2.05, 4.69) is 21.2 Å². The maximum absolute atomic E-state index is 11.9. The first-order valence-electron chi connectivity index (χ1n) is 5.95. The number of rotatable bonds is 5. The number of hydrogen-bond donors (Lipinski definition) is 3. The van der Waals surface area contributed by atoms with Crippen molar-refractivity contribution in [2.75, 3.05) is 5.32 Å². The van der Waals surface area contributed by atoms with Crippen LogP contribution in [0.4, 0.5) is 5.69 Å². The van der Waals surface area contributed by atoms with Crippen molar-refractivity contribution in [2.45, 2.75) is 26.3 Å². The van der Waals surface area contributed by atoms with E-state index >= 15 is 0 Å². The molecule has 0 aliphatic rings. The molecule has 104 valence electrons. The van der Waals surface area contributed by atoms with Gasteiger partial charge in [0.2, 0.25) is 5.91 Å². The second kappa shape index (κ2) is 6.68. The highest BCUT2D eigenvalue weighted by molar-refractivity contribution is 9.10. The van der Waals surface area contributed by atoms with Gasteiger partial charge in [-0.25, -0.2) is 4.79 Å². The molecule has 0 aliphatic carbocycles. The van der Waals surface area contributed by atoms with Crippen LogP contribution in [-0.4, -0.2) is 23.0 Å². The molecule has 1 aromatic carbocycles. The van der Waals surface area contributed by atoms with Gasteiger partial charge in [0, 0.05) is 10.2 Å². The molecule has 5 nitrogen and oxygen atoms in total. The molecule has 19 heavy (non-hydrogen) atoms. The van der Waals surface area contributed by atoms with Crippen molar-refractivity contribution in [3.05, 3.63) is 28.2 Å². The van der Waals surface area contributed by atoms with E-state index in [1.54, 1.807) is 6.07 Å². The fraction of sp³-hybridized carbons (Fsp3) is 0.385. The number of nitrogens with one attached hydrogen (secondary N) is 1. The van der Waals surface area contributed by atoms with Gasteiger partial charge in [-0.1, -0.05) is 36.2 Å². The minimum absolute atomic E-state index is 0.0612. The van der Waals surface area contributed by atoms with E-state index in [1.165, 1.54) is 12.1 Å². The lowest BCUT2D eigenvalue weighted by Gasteiger charge is -2.18. The first-order chi connectivity index (χ1) is 8.85. The maximum Gasteiger partial charge on any atom is 0.335 e. The fourth-order valence-corrected chi connectivity index (χ4v) is 2.02. The van der Waals surface area contributed by atoms with E-state index in [4.69, 9.17) is 10.8 Å². The normalized spacial score (nSPS) is 13.7. The van der Waals surface area contributed by atoms with Crippen molar-refractivity contribution in [1.82, 2.24) is 0 Å². The number of halogens is 1. The highest BCUT2D eigenvalue weighted by atomic mass is 79.9. The standard InChI is InChI=1S/C13H17BrN2O3/c1-3-7(2)11(15)12(17)16-10-5-8(13(18)19)4-9(14)6-10/h4-7,11H,3,15H2,1-2H3,(H,16,17)(H,18,19)/t7-,11-/m0/s1. The Kier molecular flexibility index (Phi) is 5.50. The van der Waals surface area contributed by atoms with E-state index in [0.717, 1.165) is 6.42 Å². The fourth-order valence-electron chi connectivity index (χ4n) is 1.52. The molecule has 1 rings (SSSR count). The Bertz CT molecular complexity index is 491. The molecule has 0 bridgehead atoms. The third kappa shape index (κ3) is 4.33. The maximum atomic E-state index is 11.9. The first-order valence-corrected chi connectivity index (χ1v) is 6.74. The van der Waals surface area contributed by atoms with Crippen molar-refractivity contribution < 1.29 is 14.7 Å². The van der Waals surface area contributed by atoms with E-state index in [9.17, 15) is 9.59 Å². The summed E-state index contributed by atoms with van der Waals surface area (Å²) in [5, 5.41) is 11.6. The average molecular weight is 329 g/mol. The van der Waals surface area contributed by atoms with Crippen LogP contribution in [0.5, 0.6) is 0 Å². The molecule has 0 heterocycles. The zero-order valence-corrected chi connectivity index (χ0v) is 12.4. The van der Waals surface area contributed by atoms with E-state index in [0.29, 0.717) is 10.2 Å². The van der Waals surface area contributed by atoms with Gasteiger partial charge >= 0.3 is 5.97 Å². The van der Waals surface area contributed by atoms with Crippen LogP contribution in [0.1, 0.15) is 30.6 Å². The Morgan fingerprint density at radius 2 is 2.05 bits per heavy atom. The minimum atomic E-state index is -1.05. The van der Waals surface area contributed by atoms with Gasteiger partial charge in [-0.2, -0.15) is 0 Å². The first kappa shape index (κ1) is 15.7. The van der Waals surface area contributed by atoms with Crippen molar-refractivity contribution in [3.63, 3.8) is 0 Å². The van der Waals surface area contributed by atoms with Gasteiger partial charge in [-0.15, -0.1) is 0 Å². The summed E-state index contributed by atoms with van der Waals surface area (Å²) in [5.41, 5.74) is 6.33. The summed E-state index contributed by atoms with van der Waals surface area (Å²) < 4.78 is 0.583. The Hall–Kier alpha value is -1.40. The highest BCUT2D eigenvalue weighted by Gasteiger charge is 2.19. The summed E-state index contributed by atoms with van der Waals surface area (Å²) in [6.07, 6.45) is 0.799. The topological polar surface area (TPSA) is 92.4 Å². The zero-order chi connectivity index (χ0) is 14.6. The van der Waals surface area contributed by atoms with E-state index in [1.807, 2.05) is 13.8 Å². The van der Waals surface area contributed by atoms with E-state index in [-0.39, 0.29) is 17.4 Å². The number of benzene rings is 1. The van der Waals surface area contributed by atoms with Crippen LogP contribution in [0.15, 0.2) is 22.7 Å². The number of carboxylic acid groups (broad SMARTS) is 1. The molecule has 6 heteroatoms. The number of carbonyl (C=O) groups excluding carboxylic acids is 1. The van der Waals surface area contributed by atoms with Crippen molar-refractivity contribution in [1.29, 1.82) is 0 Å². The quantitative estimate of drug-likeness (QED) is 0.774. The molecular formula is C13H17BrN2O3. The third-order valence-electron chi connectivity index (χ3n) is 2.97. The number of carboxylic acids is 1. The molecule has 0 aromatic heterocycles. The van der Waals surface area contributed by atoms with Gasteiger partial charge in [-0.3, -0.25) is 4.79 Å². The molecule has 4 N–H and O–H groups in total. The molecule has 1 aromatic rings. The lowest BCUT2D eigenvalue weighted by atomic mass is 9.99. The van der Waals surface area contributed by atoms with Gasteiger partial charge in [-0.05, 0) is 24.1 Å². The number of hydrogen-bond acceptors (Lipinski definition) is 3. The largest absolute Gasteiger partial charge is 0.478 e. The molecule has 2 atom stereocenters. The van der Waals surface area contributed by atoms with E-state index < -0.39 is 12.0 Å². The Morgan fingerprint density at radius 1 is 1.42 bits per heavy atom. The average Bonchev–Trinajstić information content (AvgIpc) is 2.35. The molecule has 0 spiro atoms. The summed E-state index contributed by atoms with van der Waals surface area (Å²) in [7, 11) is 0. The summed E-state index contributed by atoms with van der Waals surface area (Å²) in [6.45, 7) is 3.85. The van der Waals surface area contributed by atoms with Crippen molar-refractivity contribution >= 4 is 33.5 Å². The number of anilines is 1. The van der Waals surface area contributed by atoms with Gasteiger partial charge in [0.05, 0.1) is 11.6 Å². The molecule has 0 unspecified atom stereocenters. The van der Waals surface area contributed by atoms with Crippen molar-refractivity contribution in [3.8, 4) is 0 Å². The lowest BCUT2D eigenvalue weighted by molar-refractivity contribution is -0.118. The number of aromatic carboxylic acids is 1. The predicted molar refractivity (Wildman–Crippen MR) is 77.2 cm³/mol. The summed E-state index contributed by atoms with van der Waals surface area (Å²) in [5.74, 6) is -1.31.